The van der Waals surface area contributed by atoms with E-state index in [9.17, 15) is 0 Å². The maximum atomic E-state index is 6.03. The van der Waals surface area contributed by atoms with Crippen LogP contribution in [-0.4, -0.2) is 19.3 Å². The van der Waals surface area contributed by atoms with E-state index in [2.05, 4.69) is 42.4 Å². The van der Waals surface area contributed by atoms with Crippen molar-refractivity contribution in [1.82, 2.24) is 0 Å². The molecule has 1 rings (SSSR count). The van der Waals surface area contributed by atoms with Gasteiger partial charge in [-0.25, -0.2) is 0 Å². The van der Waals surface area contributed by atoms with Gasteiger partial charge < -0.3 is 15.2 Å². The van der Waals surface area contributed by atoms with Gasteiger partial charge in [0, 0.05) is 6.04 Å². The normalized spacial score (nSPS) is 12.0. The summed E-state index contributed by atoms with van der Waals surface area (Å²) < 4.78 is 12.5. The molecule has 0 aliphatic rings. The maximum Gasteiger partial charge on any atom is 0.175 e. The summed E-state index contributed by atoms with van der Waals surface area (Å²) in [4.78, 5) is 0. The Morgan fingerprint density at radius 1 is 1.29 bits per heavy atom. The second-order valence-corrected chi connectivity index (χ2v) is 5.96. The van der Waals surface area contributed by atoms with Crippen molar-refractivity contribution in [2.24, 2.45) is 5.73 Å². The lowest BCUT2D eigenvalue weighted by atomic mass is 10.0. The lowest BCUT2D eigenvalue weighted by molar-refractivity contribution is 0.290. The highest BCUT2D eigenvalue weighted by Gasteiger charge is 2.14. The van der Waals surface area contributed by atoms with Crippen LogP contribution in [0.4, 0.5) is 0 Å². The third-order valence-corrected chi connectivity index (χ3v) is 3.90. The molecule has 21 heavy (non-hydrogen) atoms. The Morgan fingerprint density at radius 3 is 2.57 bits per heavy atom. The largest absolute Gasteiger partial charge is 0.490 e. The molecule has 0 fully saturated rings. The smallest absolute Gasteiger partial charge is 0.175 e. The number of benzene rings is 1. The number of hydrogen-bond acceptors (Lipinski definition) is 3. The summed E-state index contributed by atoms with van der Waals surface area (Å²) in [5, 5.41) is 0. The van der Waals surface area contributed by atoms with Gasteiger partial charge in [0.25, 0.3) is 0 Å². The third kappa shape index (κ3) is 5.71. The fourth-order valence-electron chi connectivity index (χ4n) is 1.87. The molecule has 0 aliphatic carbocycles. The summed E-state index contributed by atoms with van der Waals surface area (Å²) in [5.41, 5.74) is 8.25. The molecular formula is C17H26BrNO2. The lowest BCUT2D eigenvalue weighted by Crippen LogP contribution is -2.21. The van der Waals surface area contributed by atoms with E-state index in [0.29, 0.717) is 13.2 Å². The Bertz CT molecular complexity index is 474. The summed E-state index contributed by atoms with van der Waals surface area (Å²) >= 11 is 3.58. The molecule has 118 valence electrons. The highest BCUT2D eigenvalue weighted by molar-refractivity contribution is 9.10. The summed E-state index contributed by atoms with van der Waals surface area (Å²) in [5.74, 6) is 1.49. The van der Waals surface area contributed by atoms with Crippen LogP contribution < -0.4 is 15.2 Å². The van der Waals surface area contributed by atoms with Crippen molar-refractivity contribution in [2.45, 2.75) is 46.1 Å². The molecule has 2 N–H and O–H groups in total. The molecule has 1 atom stereocenters. The van der Waals surface area contributed by atoms with Gasteiger partial charge in [-0.3, -0.25) is 0 Å². The van der Waals surface area contributed by atoms with Gasteiger partial charge in [0.1, 0.15) is 6.61 Å². The minimum absolute atomic E-state index is 0.165. The molecule has 0 amide bonds. The number of hydrogen-bond donors (Lipinski definition) is 1. The molecule has 4 heteroatoms. The van der Waals surface area contributed by atoms with E-state index in [-0.39, 0.29) is 6.04 Å². The van der Waals surface area contributed by atoms with Crippen LogP contribution in [0.1, 0.15) is 39.2 Å². The topological polar surface area (TPSA) is 44.5 Å². The number of rotatable bonds is 9. The van der Waals surface area contributed by atoms with Gasteiger partial charge in [-0.15, -0.1) is 0 Å². The second kappa shape index (κ2) is 9.11. The molecule has 1 aromatic rings. The first-order valence-electron chi connectivity index (χ1n) is 7.51. The van der Waals surface area contributed by atoms with E-state index < -0.39 is 0 Å². The Hall–Kier alpha value is -1.00. The molecule has 0 radical (unpaired) electrons. The fraction of sp³-hybridized carbons (Fsp3) is 0.529. The molecule has 1 unspecified atom stereocenters. The minimum atomic E-state index is 0.165. The van der Waals surface area contributed by atoms with Gasteiger partial charge in [-0.05, 0) is 65.4 Å². The summed E-state index contributed by atoms with van der Waals surface area (Å²) in [6, 6.07) is 4.24. The van der Waals surface area contributed by atoms with E-state index in [1.807, 2.05) is 13.0 Å². The summed E-state index contributed by atoms with van der Waals surface area (Å²) in [6.07, 6.45) is 2.69. The van der Waals surface area contributed by atoms with E-state index >= 15 is 0 Å². The van der Waals surface area contributed by atoms with Crippen LogP contribution in [0, 0.1) is 0 Å². The van der Waals surface area contributed by atoms with Gasteiger partial charge >= 0.3 is 0 Å². The number of nitrogens with two attached hydrogens (primary N) is 1. The Labute approximate surface area is 136 Å². The zero-order valence-corrected chi connectivity index (χ0v) is 14.8. The molecule has 0 bridgehead atoms. The van der Waals surface area contributed by atoms with E-state index in [4.69, 9.17) is 15.2 Å². The highest BCUT2D eigenvalue weighted by Crippen LogP contribution is 2.37. The average Bonchev–Trinajstić information content (AvgIpc) is 2.46. The molecule has 0 aromatic heterocycles. The molecule has 0 saturated heterocycles. The van der Waals surface area contributed by atoms with E-state index in [1.165, 1.54) is 0 Å². The molecule has 0 spiro atoms. The predicted octanol–water partition coefficient (Wildman–Crippen LogP) is 4.47. The first-order valence-corrected chi connectivity index (χ1v) is 8.31. The van der Waals surface area contributed by atoms with Crippen molar-refractivity contribution >= 4 is 15.9 Å². The van der Waals surface area contributed by atoms with Crippen LogP contribution in [0.5, 0.6) is 11.5 Å². The van der Waals surface area contributed by atoms with Crippen LogP contribution >= 0.6 is 15.9 Å². The van der Waals surface area contributed by atoms with Crippen LogP contribution in [0.3, 0.4) is 0 Å². The van der Waals surface area contributed by atoms with Crippen LogP contribution in [0.2, 0.25) is 0 Å². The zero-order chi connectivity index (χ0) is 15.8. The fourth-order valence-corrected chi connectivity index (χ4v) is 2.47. The maximum absolute atomic E-state index is 6.03. The van der Waals surface area contributed by atoms with Gasteiger partial charge in [0.05, 0.1) is 11.1 Å². The number of ether oxygens (including phenoxy) is 2. The zero-order valence-electron chi connectivity index (χ0n) is 13.2. The first-order chi connectivity index (χ1) is 10.0. The molecule has 0 heterocycles. The van der Waals surface area contributed by atoms with Crippen molar-refractivity contribution < 1.29 is 9.47 Å². The Morgan fingerprint density at radius 2 is 2.00 bits per heavy atom. The summed E-state index contributed by atoms with van der Waals surface area (Å²) in [7, 11) is 0. The van der Waals surface area contributed by atoms with Crippen LogP contribution in [0.25, 0.3) is 0 Å². The van der Waals surface area contributed by atoms with Crippen molar-refractivity contribution in [2.75, 3.05) is 13.2 Å². The van der Waals surface area contributed by atoms with Crippen LogP contribution in [-0.2, 0) is 6.42 Å². The predicted molar refractivity (Wildman–Crippen MR) is 92.2 cm³/mol. The monoisotopic (exact) mass is 355 g/mol. The molecular weight excluding hydrogens is 330 g/mol. The summed E-state index contributed by atoms with van der Waals surface area (Å²) in [6.45, 7) is 11.2. The van der Waals surface area contributed by atoms with Crippen molar-refractivity contribution in [1.29, 1.82) is 0 Å². The number of halogens is 1. The SMILES string of the molecule is C=C(CC)COc1c(Br)cc(CC(N)CC)cc1OCC. The van der Waals surface area contributed by atoms with Gasteiger partial charge in [-0.1, -0.05) is 20.4 Å². The quantitative estimate of drug-likeness (QED) is 0.664. The second-order valence-electron chi connectivity index (χ2n) is 5.10. The van der Waals surface area contributed by atoms with E-state index in [1.54, 1.807) is 0 Å². The standard InChI is InChI=1S/C17H26BrNO2/c1-5-12(4)11-21-17-15(18)9-13(8-14(19)6-2)10-16(17)20-7-3/h9-10,14H,4-8,11,19H2,1-3H3. The highest BCUT2D eigenvalue weighted by atomic mass is 79.9. The van der Waals surface area contributed by atoms with Crippen molar-refractivity contribution in [3.8, 4) is 11.5 Å². The third-order valence-electron chi connectivity index (χ3n) is 3.31. The first kappa shape index (κ1) is 18.1. The van der Waals surface area contributed by atoms with Crippen molar-refractivity contribution in [3.63, 3.8) is 0 Å². The van der Waals surface area contributed by atoms with Crippen molar-refractivity contribution in [3.05, 3.63) is 34.3 Å². The van der Waals surface area contributed by atoms with Crippen LogP contribution in [0.15, 0.2) is 28.8 Å². The van der Waals surface area contributed by atoms with Gasteiger partial charge in [0.15, 0.2) is 11.5 Å². The van der Waals surface area contributed by atoms with E-state index in [0.717, 1.165) is 46.4 Å². The lowest BCUT2D eigenvalue weighted by Gasteiger charge is -2.17. The Kier molecular flexibility index (Phi) is 7.83. The minimum Gasteiger partial charge on any atom is -0.490 e. The van der Waals surface area contributed by atoms with Gasteiger partial charge in [0.2, 0.25) is 0 Å². The van der Waals surface area contributed by atoms with Gasteiger partial charge in [-0.2, -0.15) is 0 Å². The molecule has 0 aliphatic heterocycles. The average molecular weight is 356 g/mol. The Balaban J connectivity index is 2.98. The molecule has 0 saturated carbocycles. The molecule has 3 nitrogen and oxygen atoms in total. The molecule has 1 aromatic carbocycles.